The molecule has 1 saturated heterocycles. The molecule has 5 amide bonds. The number of ketones is 1. The molecule has 2 heterocycles. The van der Waals surface area contributed by atoms with Crippen LogP contribution in [0.1, 0.15) is 115 Å². The van der Waals surface area contributed by atoms with Crippen molar-refractivity contribution >= 4 is 35.3 Å². The van der Waals surface area contributed by atoms with Crippen LogP contribution in [-0.2, 0) is 24.0 Å². The molecule has 268 valence electrons. The van der Waals surface area contributed by atoms with Crippen molar-refractivity contribution in [3.05, 3.63) is 24.3 Å². The Hall–Kier alpha value is -3.90. The van der Waals surface area contributed by atoms with Gasteiger partial charge >= 0.3 is 0 Å². The summed E-state index contributed by atoms with van der Waals surface area (Å²) in [7, 11) is 0. The Labute approximate surface area is 288 Å². The summed E-state index contributed by atoms with van der Waals surface area (Å²) in [4.78, 5) is 91.3. The predicted octanol–water partition coefficient (Wildman–Crippen LogP) is 2.45. The zero-order valence-corrected chi connectivity index (χ0v) is 29.1. The second kappa shape index (κ2) is 16.7. The lowest BCUT2D eigenvalue weighted by atomic mass is 9.83. The van der Waals surface area contributed by atoms with Gasteiger partial charge in [-0.2, -0.15) is 0 Å². The van der Waals surface area contributed by atoms with Crippen LogP contribution in [0.25, 0.3) is 0 Å². The van der Waals surface area contributed by atoms with Crippen molar-refractivity contribution in [3.63, 3.8) is 0 Å². The maximum absolute atomic E-state index is 14.5. The highest BCUT2D eigenvalue weighted by Crippen LogP contribution is 2.43. The smallest absolute Gasteiger partial charge is 0.289 e. The number of nitrogens with one attached hydrogen (secondary N) is 4. The van der Waals surface area contributed by atoms with E-state index in [1.54, 1.807) is 4.90 Å². The Bertz CT molecular complexity index is 1360. The fourth-order valence-corrected chi connectivity index (χ4v) is 7.93. The van der Waals surface area contributed by atoms with E-state index in [4.69, 9.17) is 0 Å². The van der Waals surface area contributed by atoms with Crippen LogP contribution in [0, 0.1) is 23.7 Å². The first kappa shape index (κ1) is 36.4. The fourth-order valence-electron chi connectivity index (χ4n) is 7.93. The van der Waals surface area contributed by atoms with Crippen molar-refractivity contribution in [2.24, 2.45) is 23.7 Å². The zero-order chi connectivity index (χ0) is 35.1. The molecule has 2 unspecified atom stereocenters. The third-order valence-corrected chi connectivity index (χ3v) is 11.1. The molecule has 1 aliphatic heterocycles. The van der Waals surface area contributed by atoms with Crippen LogP contribution in [0.5, 0.6) is 0 Å². The average Bonchev–Trinajstić information content (AvgIpc) is 3.69. The van der Waals surface area contributed by atoms with Crippen LogP contribution in [0.4, 0.5) is 0 Å². The predicted molar refractivity (Wildman–Crippen MR) is 181 cm³/mol. The maximum atomic E-state index is 14.5. The molecular weight excluding hydrogens is 626 g/mol. The van der Waals surface area contributed by atoms with Crippen LogP contribution in [0.2, 0.25) is 0 Å². The van der Waals surface area contributed by atoms with E-state index in [1.165, 1.54) is 18.6 Å². The van der Waals surface area contributed by atoms with Gasteiger partial charge in [-0.15, -0.1) is 0 Å². The van der Waals surface area contributed by atoms with Crippen molar-refractivity contribution in [3.8, 4) is 0 Å². The van der Waals surface area contributed by atoms with Crippen LogP contribution in [0.15, 0.2) is 18.6 Å². The van der Waals surface area contributed by atoms with E-state index in [9.17, 15) is 28.8 Å². The first-order chi connectivity index (χ1) is 23.6. The number of amides is 5. The molecule has 3 saturated carbocycles. The van der Waals surface area contributed by atoms with E-state index in [-0.39, 0.29) is 41.3 Å². The summed E-state index contributed by atoms with van der Waals surface area (Å²) in [5, 5.41) is 11.5. The molecule has 7 atom stereocenters. The van der Waals surface area contributed by atoms with Crippen LogP contribution >= 0.6 is 0 Å². The zero-order valence-electron chi connectivity index (χ0n) is 29.1. The van der Waals surface area contributed by atoms with Gasteiger partial charge < -0.3 is 26.2 Å². The average molecular weight is 680 g/mol. The van der Waals surface area contributed by atoms with Gasteiger partial charge in [0.1, 0.15) is 23.8 Å². The van der Waals surface area contributed by atoms with Crippen LogP contribution in [-0.4, -0.2) is 86.9 Å². The molecule has 49 heavy (non-hydrogen) atoms. The van der Waals surface area contributed by atoms with E-state index in [1.807, 2.05) is 20.8 Å². The number of carbonyl (C=O) groups is 6. The molecule has 0 spiro atoms. The monoisotopic (exact) mass is 679 g/mol. The third kappa shape index (κ3) is 8.83. The molecule has 0 aromatic carbocycles. The van der Waals surface area contributed by atoms with Gasteiger partial charge in [0, 0.05) is 25.0 Å². The Morgan fingerprint density at radius 2 is 1.65 bits per heavy atom. The van der Waals surface area contributed by atoms with Crippen molar-refractivity contribution in [2.45, 2.75) is 134 Å². The Morgan fingerprint density at radius 3 is 2.31 bits per heavy atom. The molecular formula is C36H53N7O6. The molecule has 1 aromatic rings. The standard InChI is InChI=1S/C36H53N7O6/c1-4-10-26(31(44)35(48)39-24-15-16-24)40-34(47)30-25-14-9-13-23(25)20-43(30)36(49)28(21(3)5-2)41-33(46)29(22-11-7-6-8-12-22)42-32(45)27-19-37-17-18-38-27/h17-19,21-26,28-30H,4-16,20H2,1-3H3,(H,39,48)(H,40,47)(H,41,46)(H,42,45)/t21-,23?,25?,26+,28+,29+,30+/m1/s1. The molecule has 4 fully saturated rings. The Morgan fingerprint density at radius 1 is 0.898 bits per heavy atom. The number of fused-ring (bicyclic) bond motifs is 1. The molecule has 3 aliphatic carbocycles. The molecule has 4 N–H and O–H groups in total. The number of nitrogens with zero attached hydrogens (tertiary/aromatic N) is 3. The summed E-state index contributed by atoms with van der Waals surface area (Å²) in [5.41, 5.74) is 0.105. The minimum Gasteiger partial charge on any atom is -0.347 e. The topological polar surface area (TPSA) is 180 Å². The first-order valence-corrected chi connectivity index (χ1v) is 18.5. The molecule has 1 aromatic heterocycles. The Kier molecular flexibility index (Phi) is 12.4. The highest BCUT2D eigenvalue weighted by molar-refractivity contribution is 6.38. The number of likely N-dealkylation sites (tertiary alicyclic amines) is 1. The summed E-state index contributed by atoms with van der Waals surface area (Å²) < 4.78 is 0. The summed E-state index contributed by atoms with van der Waals surface area (Å²) in [6, 6.07) is -3.57. The number of carbonyl (C=O) groups excluding carboxylic acids is 6. The highest BCUT2D eigenvalue weighted by atomic mass is 16.2. The van der Waals surface area contributed by atoms with E-state index >= 15 is 0 Å². The van der Waals surface area contributed by atoms with E-state index in [0.717, 1.165) is 64.2 Å². The number of hydrogen-bond acceptors (Lipinski definition) is 8. The van der Waals surface area contributed by atoms with E-state index < -0.39 is 53.6 Å². The molecule has 4 aliphatic rings. The summed E-state index contributed by atoms with van der Waals surface area (Å²) >= 11 is 0. The molecule has 5 rings (SSSR count). The summed E-state index contributed by atoms with van der Waals surface area (Å²) in [6.45, 7) is 6.12. The minimum absolute atomic E-state index is 0.0161. The van der Waals surface area contributed by atoms with Crippen molar-refractivity contribution in [1.82, 2.24) is 36.1 Å². The van der Waals surface area contributed by atoms with Gasteiger partial charge in [0.25, 0.3) is 11.8 Å². The Balaban J connectivity index is 1.35. The maximum Gasteiger partial charge on any atom is 0.289 e. The van der Waals surface area contributed by atoms with Crippen molar-refractivity contribution in [1.29, 1.82) is 0 Å². The molecule has 13 nitrogen and oxygen atoms in total. The lowest BCUT2D eigenvalue weighted by Gasteiger charge is -2.35. The number of Topliss-reactive ketones (excluding diaryl/α,β-unsaturated/α-hetero) is 1. The second-order valence-electron chi connectivity index (χ2n) is 14.6. The van der Waals surface area contributed by atoms with Gasteiger partial charge in [-0.25, -0.2) is 4.98 Å². The number of hydrogen-bond donors (Lipinski definition) is 4. The highest BCUT2D eigenvalue weighted by Gasteiger charge is 2.51. The minimum atomic E-state index is -0.979. The van der Waals surface area contributed by atoms with Gasteiger partial charge in [-0.05, 0) is 68.6 Å². The largest absolute Gasteiger partial charge is 0.347 e. The number of rotatable bonds is 15. The SMILES string of the molecule is CCC[C@H](NC(=O)[C@@H]1C2CCCC2CN1C(=O)[C@@H](NC(=O)[C@@H](NC(=O)c1cnccn1)C1CCCCC1)[C@H](C)CC)C(=O)C(=O)NC1CC1. The molecule has 0 bridgehead atoms. The second-order valence-corrected chi connectivity index (χ2v) is 14.6. The van der Waals surface area contributed by atoms with Gasteiger partial charge in [-0.1, -0.05) is 59.3 Å². The van der Waals surface area contributed by atoms with Crippen LogP contribution in [0.3, 0.4) is 0 Å². The van der Waals surface area contributed by atoms with Crippen LogP contribution < -0.4 is 21.3 Å². The summed E-state index contributed by atoms with van der Waals surface area (Å²) in [5.74, 6) is -3.36. The van der Waals surface area contributed by atoms with Gasteiger partial charge in [0.15, 0.2) is 0 Å². The van der Waals surface area contributed by atoms with Crippen molar-refractivity contribution < 1.29 is 28.8 Å². The van der Waals surface area contributed by atoms with E-state index in [2.05, 4.69) is 31.2 Å². The first-order valence-electron chi connectivity index (χ1n) is 18.5. The normalized spacial score (nSPS) is 24.6. The van der Waals surface area contributed by atoms with Gasteiger partial charge in [0.05, 0.1) is 12.2 Å². The van der Waals surface area contributed by atoms with E-state index in [0.29, 0.717) is 25.8 Å². The van der Waals surface area contributed by atoms with Crippen molar-refractivity contribution in [2.75, 3.05) is 6.54 Å². The lowest BCUT2D eigenvalue weighted by Crippen LogP contribution is -2.61. The fraction of sp³-hybridized carbons (Fsp3) is 0.722. The molecule has 0 radical (unpaired) electrons. The van der Waals surface area contributed by atoms with Gasteiger partial charge in [-0.3, -0.25) is 33.8 Å². The third-order valence-electron chi connectivity index (χ3n) is 11.1. The molecule has 13 heteroatoms. The number of aromatic nitrogens is 2. The quantitative estimate of drug-likeness (QED) is 0.204. The lowest BCUT2D eigenvalue weighted by molar-refractivity contribution is -0.145. The summed E-state index contributed by atoms with van der Waals surface area (Å²) in [6.07, 6.45) is 14.5. The van der Waals surface area contributed by atoms with Gasteiger partial charge in [0.2, 0.25) is 23.5 Å².